The fraction of sp³-hybridized carbons (Fsp3) is 0.238. The van der Waals surface area contributed by atoms with Crippen molar-refractivity contribution in [3.05, 3.63) is 58.7 Å². The van der Waals surface area contributed by atoms with E-state index in [-0.39, 0.29) is 0 Å². The summed E-state index contributed by atoms with van der Waals surface area (Å²) in [6.07, 6.45) is 1.71. The van der Waals surface area contributed by atoms with Crippen LogP contribution in [0.25, 0.3) is 10.9 Å². The van der Waals surface area contributed by atoms with Crippen LogP contribution in [0.1, 0.15) is 22.3 Å². The molecule has 0 unspecified atom stereocenters. The summed E-state index contributed by atoms with van der Waals surface area (Å²) in [5.41, 5.74) is 8.44. The van der Waals surface area contributed by atoms with Gasteiger partial charge in [-0.2, -0.15) is 5.10 Å². The molecule has 0 atom stereocenters. The smallest absolute Gasteiger partial charge is 0.147 e. The number of anilines is 1. The molecule has 0 aliphatic rings. The van der Waals surface area contributed by atoms with E-state index in [1.807, 2.05) is 24.3 Å². The van der Waals surface area contributed by atoms with E-state index >= 15 is 0 Å². The summed E-state index contributed by atoms with van der Waals surface area (Å²) < 4.78 is 10.6. The van der Waals surface area contributed by atoms with Crippen LogP contribution < -0.4 is 14.9 Å². The third-order valence-electron chi connectivity index (χ3n) is 4.28. The highest BCUT2D eigenvalue weighted by molar-refractivity contribution is 5.88. The van der Waals surface area contributed by atoms with E-state index in [1.165, 1.54) is 16.5 Å². The lowest BCUT2D eigenvalue weighted by molar-refractivity contribution is 0.394. The molecule has 0 spiro atoms. The minimum Gasteiger partial charge on any atom is -0.497 e. The first kappa shape index (κ1) is 17.7. The molecule has 0 fully saturated rings. The van der Waals surface area contributed by atoms with E-state index in [0.29, 0.717) is 11.6 Å². The number of hydrazone groups is 1. The van der Waals surface area contributed by atoms with Gasteiger partial charge in [0.2, 0.25) is 0 Å². The Morgan fingerprint density at radius 3 is 2.50 bits per heavy atom. The molecule has 134 valence electrons. The predicted molar refractivity (Wildman–Crippen MR) is 107 cm³/mol. The van der Waals surface area contributed by atoms with Crippen molar-refractivity contribution in [3.8, 4) is 11.5 Å². The highest BCUT2D eigenvalue weighted by Crippen LogP contribution is 2.25. The van der Waals surface area contributed by atoms with E-state index in [1.54, 1.807) is 20.4 Å². The van der Waals surface area contributed by atoms with Gasteiger partial charge >= 0.3 is 0 Å². The quantitative estimate of drug-likeness (QED) is 0.539. The summed E-state index contributed by atoms with van der Waals surface area (Å²) in [5, 5.41) is 5.49. The molecule has 1 N–H and O–H groups in total. The van der Waals surface area contributed by atoms with E-state index in [4.69, 9.17) is 14.5 Å². The van der Waals surface area contributed by atoms with Crippen molar-refractivity contribution in [2.75, 3.05) is 19.6 Å². The summed E-state index contributed by atoms with van der Waals surface area (Å²) in [4.78, 5) is 4.70. The van der Waals surface area contributed by atoms with E-state index in [2.05, 4.69) is 43.4 Å². The summed E-state index contributed by atoms with van der Waals surface area (Å²) in [5.74, 6) is 2.15. The van der Waals surface area contributed by atoms with Crippen LogP contribution >= 0.6 is 0 Å². The van der Waals surface area contributed by atoms with Crippen LogP contribution in [0.3, 0.4) is 0 Å². The van der Waals surface area contributed by atoms with Gasteiger partial charge in [-0.1, -0.05) is 11.6 Å². The number of benzene rings is 2. The zero-order valence-corrected chi connectivity index (χ0v) is 15.8. The van der Waals surface area contributed by atoms with Crippen molar-refractivity contribution < 1.29 is 9.47 Å². The van der Waals surface area contributed by atoms with Crippen molar-refractivity contribution in [3.63, 3.8) is 0 Å². The molecule has 0 amide bonds. The number of hydrogen-bond acceptors (Lipinski definition) is 5. The molecule has 0 bridgehead atoms. The number of aromatic nitrogens is 1. The molecule has 1 aromatic heterocycles. The number of ether oxygens (including phenoxy) is 2. The van der Waals surface area contributed by atoms with Crippen molar-refractivity contribution in [2.24, 2.45) is 5.10 Å². The van der Waals surface area contributed by atoms with Gasteiger partial charge in [-0.3, -0.25) is 5.43 Å². The Morgan fingerprint density at radius 1 is 0.962 bits per heavy atom. The molecule has 0 aliphatic carbocycles. The van der Waals surface area contributed by atoms with E-state index in [0.717, 1.165) is 22.4 Å². The normalized spacial score (nSPS) is 11.1. The fourth-order valence-corrected chi connectivity index (χ4v) is 2.99. The first-order chi connectivity index (χ1) is 12.5. The van der Waals surface area contributed by atoms with Crippen molar-refractivity contribution in [2.45, 2.75) is 20.8 Å². The fourth-order valence-electron chi connectivity index (χ4n) is 2.99. The number of nitrogens with one attached hydrogen (secondary N) is 1. The lowest BCUT2D eigenvalue weighted by Gasteiger charge is -2.10. The Bertz CT molecular complexity index is 981. The first-order valence-electron chi connectivity index (χ1n) is 8.41. The maximum absolute atomic E-state index is 5.38. The number of methoxy groups -OCH3 is 2. The average molecular weight is 349 g/mol. The van der Waals surface area contributed by atoms with Gasteiger partial charge in [0.1, 0.15) is 17.3 Å². The molecule has 3 aromatic rings. The zero-order chi connectivity index (χ0) is 18.7. The molecule has 5 heteroatoms. The monoisotopic (exact) mass is 349 g/mol. The van der Waals surface area contributed by atoms with Gasteiger partial charge in [0.05, 0.1) is 26.0 Å². The Hall–Kier alpha value is -3.08. The molecule has 0 saturated heterocycles. The minimum atomic E-state index is 0.698. The highest BCUT2D eigenvalue weighted by Gasteiger charge is 2.06. The number of pyridine rings is 1. The third kappa shape index (κ3) is 3.61. The molecule has 0 radical (unpaired) electrons. The molecule has 3 rings (SSSR count). The van der Waals surface area contributed by atoms with Gasteiger partial charge in [0, 0.05) is 17.0 Å². The SMILES string of the molecule is COc1ccc(C=NNc2cc(C)c3cc(C)cc(C)c3n2)c(OC)c1. The summed E-state index contributed by atoms with van der Waals surface area (Å²) in [7, 11) is 3.25. The standard InChI is InChI=1S/C21H23N3O2/c1-13-8-15(3)21-18(9-13)14(2)10-20(23-21)24-22-12-16-6-7-17(25-4)11-19(16)26-5/h6-12H,1-5H3,(H,23,24). The van der Waals surface area contributed by atoms with Crippen molar-refractivity contribution in [1.29, 1.82) is 0 Å². The van der Waals surface area contributed by atoms with Crippen LogP contribution in [-0.2, 0) is 0 Å². The van der Waals surface area contributed by atoms with Gasteiger partial charge in [0.25, 0.3) is 0 Å². The first-order valence-corrected chi connectivity index (χ1v) is 8.41. The maximum atomic E-state index is 5.38. The van der Waals surface area contributed by atoms with Gasteiger partial charge in [-0.15, -0.1) is 0 Å². The van der Waals surface area contributed by atoms with Crippen LogP contribution in [0.5, 0.6) is 11.5 Å². The lowest BCUT2D eigenvalue weighted by atomic mass is 10.0. The van der Waals surface area contributed by atoms with Crippen LogP contribution in [0.4, 0.5) is 5.82 Å². The number of nitrogens with zero attached hydrogens (tertiary/aromatic N) is 2. The second kappa shape index (κ2) is 7.44. The minimum absolute atomic E-state index is 0.698. The lowest BCUT2D eigenvalue weighted by Crippen LogP contribution is -1.98. The van der Waals surface area contributed by atoms with Crippen LogP contribution in [0, 0.1) is 20.8 Å². The molecule has 0 aliphatic heterocycles. The summed E-state index contributed by atoms with van der Waals surface area (Å²) in [6.45, 7) is 6.27. The average Bonchev–Trinajstić information content (AvgIpc) is 2.63. The zero-order valence-electron chi connectivity index (χ0n) is 15.8. The maximum Gasteiger partial charge on any atom is 0.147 e. The molecule has 0 saturated carbocycles. The molecule has 26 heavy (non-hydrogen) atoms. The largest absolute Gasteiger partial charge is 0.497 e. The Kier molecular flexibility index (Phi) is 5.07. The number of aryl methyl sites for hydroxylation is 3. The number of hydrogen-bond donors (Lipinski definition) is 1. The number of fused-ring (bicyclic) bond motifs is 1. The molecular formula is C21H23N3O2. The van der Waals surface area contributed by atoms with Gasteiger partial charge < -0.3 is 9.47 Å². The van der Waals surface area contributed by atoms with Crippen molar-refractivity contribution in [1.82, 2.24) is 4.98 Å². The molecule has 5 nitrogen and oxygen atoms in total. The Labute approximate surface area is 153 Å². The summed E-state index contributed by atoms with van der Waals surface area (Å²) in [6, 6.07) is 11.9. The van der Waals surface area contributed by atoms with E-state index < -0.39 is 0 Å². The number of rotatable bonds is 5. The predicted octanol–water partition coefficient (Wildman–Crippen LogP) is 4.62. The highest BCUT2D eigenvalue weighted by atomic mass is 16.5. The molecule has 2 aromatic carbocycles. The van der Waals surface area contributed by atoms with Gasteiger partial charge in [-0.25, -0.2) is 4.98 Å². The van der Waals surface area contributed by atoms with Gasteiger partial charge in [-0.05, 0) is 56.2 Å². The van der Waals surface area contributed by atoms with Gasteiger partial charge in [0.15, 0.2) is 0 Å². The van der Waals surface area contributed by atoms with Crippen LogP contribution in [0.2, 0.25) is 0 Å². The van der Waals surface area contributed by atoms with Crippen molar-refractivity contribution >= 4 is 22.9 Å². The third-order valence-corrected chi connectivity index (χ3v) is 4.28. The molecule has 1 heterocycles. The Balaban J connectivity index is 1.87. The molecular weight excluding hydrogens is 326 g/mol. The second-order valence-corrected chi connectivity index (χ2v) is 6.28. The van der Waals surface area contributed by atoms with E-state index in [9.17, 15) is 0 Å². The topological polar surface area (TPSA) is 55.7 Å². The Morgan fingerprint density at radius 2 is 1.77 bits per heavy atom. The summed E-state index contributed by atoms with van der Waals surface area (Å²) >= 11 is 0. The van der Waals surface area contributed by atoms with Crippen LogP contribution in [-0.4, -0.2) is 25.4 Å². The second-order valence-electron chi connectivity index (χ2n) is 6.28. The van der Waals surface area contributed by atoms with Crippen LogP contribution in [0.15, 0.2) is 41.5 Å².